The van der Waals surface area contributed by atoms with Crippen LogP contribution in [0, 0.1) is 5.92 Å². The number of carbonyl (C=O) groups is 1. The molecule has 0 aliphatic rings. The van der Waals surface area contributed by atoms with Gasteiger partial charge in [0.25, 0.3) is 0 Å². The van der Waals surface area contributed by atoms with Gasteiger partial charge in [0.05, 0.1) is 12.5 Å². The standard InChI is InChI=1S/C24H25NO2/c1-19(2)24(26)27-18-17-20-13-15-23(16-14-20)25(21-9-5-3-6-10-21)22-11-7-4-8-12-22/h3-16,19H,17-18H2,1-2H3. The van der Waals surface area contributed by atoms with Crippen LogP contribution in [0.3, 0.4) is 0 Å². The van der Waals surface area contributed by atoms with Gasteiger partial charge < -0.3 is 9.64 Å². The highest BCUT2D eigenvalue weighted by Crippen LogP contribution is 2.34. The van der Waals surface area contributed by atoms with E-state index >= 15 is 0 Å². The quantitative estimate of drug-likeness (QED) is 0.492. The van der Waals surface area contributed by atoms with E-state index in [2.05, 4.69) is 53.4 Å². The molecule has 3 nitrogen and oxygen atoms in total. The number of hydrogen-bond donors (Lipinski definition) is 0. The van der Waals surface area contributed by atoms with Gasteiger partial charge in [-0.25, -0.2) is 0 Å². The molecule has 0 unspecified atom stereocenters. The Morgan fingerprint density at radius 3 is 1.74 bits per heavy atom. The number of para-hydroxylation sites is 2. The summed E-state index contributed by atoms with van der Waals surface area (Å²) in [5.74, 6) is -0.233. The first-order valence-electron chi connectivity index (χ1n) is 9.31. The third kappa shape index (κ3) is 4.98. The molecule has 0 atom stereocenters. The zero-order valence-corrected chi connectivity index (χ0v) is 15.8. The third-order valence-electron chi connectivity index (χ3n) is 4.33. The van der Waals surface area contributed by atoms with Crippen LogP contribution >= 0.6 is 0 Å². The number of benzene rings is 3. The summed E-state index contributed by atoms with van der Waals surface area (Å²) in [5.41, 5.74) is 4.47. The highest BCUT2D eigenvalue weighted by Gasteiger charge is 2.12. The Hall–Kier alpha value is -3.07. The maximum atomic E-state index is 11.6. The maximum absolute atomic E-state index is 11.6. The van der Waals surface area contributed by atoms with Crippen molar-refractivity contribution < 1.29 is 9.53 Å². The smallest absolute Gasteiger partial charge is 0.308 e. The maximum Gasteiger partial charge on any atom is 0.308 e. The molecule has 0 fully saturated rings. The zero-order valence-electron chi connectivity index (χ0n) is 15.8. The monoisotopic (exact) mass is 359 g/mol. The summed E-state index contributed by atoms with van der Waals surface area (Å²) < 4.78 is 5.27. The van der Waals surface area contributed by atoms with Crippen LogP contribution in [0.25, 0.3) is 0 Å². The third-order valence-corrected chi connectivity index (χ3v) is 4.33. The molecule has 3 rings (SSSR count). The largest absolute Gasteiger partial charge is 0.465 e. The minimum Gasteiger partial charge on any atom is -0.465 e. The number of esters is 1. The molecule has 0 radical (unpaired) electrons. The van der Waals surface area contributed by atoms with Gasteiger partial charge in [-0.1, -0.05) is 62.4 Å². The van der Waals surface area contributed by atoms with Gasteiger partial charge in [0.2, 0.25) is 0 Å². The average Bonchev–Trinajstić information content (AvgIpc) is 2.71. The van der Waals surface area contributed by atoms with Crippen molar-refractivity contribution in [1.82, 2.24) is 0 Å². The van der Waals surface area contributed by atoms with Gasteiger partial charge in [0.1, 0.15) is 0 Å². The van der Waals surface area contributed by atoms with Crippen LogP contribution in [0.5, 0.6) is 0 Å². The number of ether oxygens (including phenoxy) is 1. The van der Waals surface area contributed by atoms with Crippen molar-refractivity contribution in [2.24, 2.45) is 5.92 Å². The number of rotatable bonds is 7. The van der Waals surface area contributed by atoms with Gasteiger partial charge in [0, 0.05) is 23.5 Å². The van der Waals surface area contributed by atoms with Crippen LogP contribution in [0.2, 0.25) is 0 Å². The molecule has 3 aromatic carbocycles. The van der Waals surface area contributed by atoms with Crippen molar-refractivity contribution in [3.8, 4) is 0 Å². The highest BCUT2D eigenvalue weighted by atomic mass is 16.5. The average molecular weight is 359 g/mol. The van der Waals surface area contributed by atoms with Crippen LogP contribution in [0.15, 0.2) is 84.9 Å². The van der Waals surface area contributed by atoms with Crippen LogP contribution in [0.4, 0.5) is 17.1 Å². The number of hydrogen-bond acceptors (Lipinski definition) is 3. The minimum atomic E-state index is -0.147. The van der Waals surface area contributed by atoms with Crippen LogP contribution < -0.4 is 4.90 Å². The van der Waals surface area contributed by atoms with E-state index in [0.29, 0.717) is 6.61 Å². The van der Waals surface area contributed by atoms with Crippen molar-refractivity contribution in [1.29, 1.82) is 0 Å². The SMILES string of the molecule is CC(C)C(=O)OCCc1ccc(N(c2ccccc2)c2ccccc2)cc1. The van der Waals surface area contributed by atoms with E-state index in [0.717, 1.165) is 29.0 Å². The molecule has 0 aliphatic carbocycles. The first-order valence-corrected chi connectivity index (χ1v) is 9.31. The molecular formula is C24H25NO2. The van der Waals surface area contributed by atoms with E-state index in [1.807, 2.05) is 50.2 Å². The van der Waals surface area contributed by atoms with Crippen LogP contribution in [-0.2, 0) is 16.0 Å². The second kappa shape index (κ2) is 9.04. The predicted octanol–water partition coefficient (Wildman–Crippen LogP) is 5.90. The fourth-order valence-electron chi connectivity index (χ4n) is 2.85. The lowest BCUT2D eigenvalue weighted by atomic mass is 10.1. The van der Waals surface area contributed by atoms with Gasteiger partial charge in [0.15, 0.2) is 0 Å². The van der Waals surface area contributed by atoms with E-state index in [1.165, 1.54) is 0 Å². The second-order valence-corrected chi connectivity index (χ2v) is 6.75. The first kappa shape index (κ1) is 18.7. The van der Waals surface area contributed by atoms with Crippen LogP contribution in [0.1, 0.15) is 19.4 Å². The molecule has 0 saturated heterocycles. The van der Waals surface area contributed by atoms with Gasteiger partial charge in [-0.05, 0) is 42.0 Å². The van der Waals surface area contributed by atoms with Gasteiger partial charge in [-0.3, -0.25) is 4.79 Å². The zero-order chi connectivity index (χ0) is 19.1. The van der Waals surface area contributed by atoms with Gasteiger partial charge in [-0.2, -0.15) is 0 Å². The molecule has 0 heterocycles. The topological polar surface area (TPSA) is 29.5 Å². The van der Waals surface area contributed by atoms with Gasteiger partial charge in [-0.15, -0.1) is 0 Å². The Balaban J connectivity index is 1.77. The van der Waals surface area contributed by atoms with Crippen molar-refractivity contribution in [2.45, 2.75) is 20.3 Å². The highest BCUT2D eigenvalue weighted by molar-refractivity contribution is 5.76. The molecule has 0 bridgehead atoms. The number of nitrogens with zero attached hydrogens (tertiary/aromatic N) is 1. The molecule has 0 spiro atoms. The Morgan fingerprint density at radius 2 is 1.26 bits per heavy atom. The molecule has 0 aliphatic heterocycles. The van der Waals surface area contributed by atoms with E-state index in [4.69, 9.17) is 4.74 Å². The van der Waals surface area contributed by atoms with Crippen LogP contribution in [-0.4, -0.2) is 12.6 Å². The molecule has 0 N–H and O–H groups in total. The molecule has 138 valence electrons. The number of anilines is 3. The van der Waals surface area contributed by atoms with E-state index in [9.17, 15) is 4.79 Å². The molecule has 0 saturated carbocycles. The Bertz CT molecular complexity index is 803. The summed E-state index contributed by atoms with van der Waals surface area (Å²) in [4.78, 5) is 13.8. The summed E-state index contributed by atoms with van der Waals surface area (Å²) in [5, 5.41) is 0. The van der Waals surface area contributed by atoms with Crippen molar-refractivity contribution in [3.63, 3.8) is 0 Å². The lowest BCUT2D eigenvalue weighted by Gasteiger charge is -2.25. The number of carbonyl (C=O) groups excluding carboxylic acids is 1. The fourth-order valence-corrected chi connectivity index (χ4v) is 2.85. The summed E-state index contributed by atoms with van der Waals surface area (Å²) in [7, 11) is 0. The molecule has 0 amide bonds. The predicted molar refractivity (Wildman–Crippen MR) is 111 cm³/mol. The lowest BCUT2D eigenvalue weighted by Crippen LogP contribution is -2.13. The molecule has 3 heteroatoms. The van der Waals surface area contributed by atoms with E-state index < -0.39 is 0 Å². The van der Waals surface area contributed by atoms with E-state index in [1.54, 1.807) is 0 Å². The molecule has 27 heavy (non-hydrogen) atoms. The molecular weight excluding hydrogens is 334 g/mol. The Morgan fingerprint density at radius 1 is 0.778 bits per heavy atom. The Kier molecular flexibility index (Phi) is 6.26. The van der Waals surface area contributed by atoms with Crippen molar-refractivity contribution in [2.75, 3.05) is 11.5 Å². The first-order chi connectivity index (χ1) is 13.1. The van der Waals surface area contributed by atoms with E-state index in [-0.39, 0.29) is 11.9 Å². The lowest BCUT2D eigenvalue weighted by molar-refractivity contribution is -0.147. The molecule has 3 aromatic rings. The summed E-state index contributed by atoms with van der Waals surface area (Å²) in [6.07, 6.45) is 0.718. The van der Waals surface area contributed by atoms with Gasteiger partial charge >= 0.3 is 5.97 Å². The van der Waals surface area contributed by atoms with Crippen molar-refractivity contribution >= 4 is 23.0 Å². The summed E-state index contributed by atoms with van der Waals surface area (Å²) in [6, 6.07) is 29.0. The summed E-state index contributed by atoms with van der Waals surface area (Å²) >= 11 is 0. The van der Waals surface area contributed by atoms with Crippen molar-refractivity contribution in [3.05, 3.63) is 90.5 Å². The fraction of sp³-hybridized carbons (Fsp3) is 0.208. The normalized spacial score (nSPS) is 10.6. The minimum absolute atomic E-state index is 0.0855. The second-order valence-electron chi connectivity index (χ2n) is 6.75. The summed E-state index contributed by atoms with van der Waals surface area (Å²) in [6.45, 7) is 4.11. The molecule has 0 aromatic heterocycles. The Labute approximate surface area is 161 Å².